The van der Waals surface area contributed by atoms with Crippen LogP contribution in [0.2, 0.25) is 5.02 Å². The molecular weight excluding hydrogens is 394 g/mol. The summed E-state index contributed by atoms with van der Waals surface area (Å²) in [5.74, 6) is 1.59. The van der Waals surface area contributed by atoms with Gasteiger partial charge in [-0.15, -0.1) is 15.3 Å². The number of thiophene rings is 1. The number of aliphatic hydroxyl groups is 1. The van der Waals surface area contributed by atoms with Gasteiger partial charge in [0, 0.05) is 34.6 Å². The summed E-state index contributed by atoms with van der Waals surface area (Å²) in [7, 11) is 0. The molecule has 8 heteroatoms. The van der Waals surface area contributed by atoms with E-state index in [1.54, 1.807) is 15.9 Å². The highest BCUT2D eigenvalue weighted by atomic mass is 35.5. The fourth-order valence-corrected chi connectivity index (χ4v) is 4.68. The second kappa shape index (κ2) is 6.84. The number of hydrogen-bond acceptors (Lipinski definition) is 6. The van der Waals surface area contributed by atoms with Crippen LogP contribution in [-0.2, 0) is 5.60 Å². The van der Waals surface area contributed by atoms with Crippen molar-refractivity contribution in [2.75, 3.05) is 18.0 Å². The minimum Gasteiger partial charge on any atom is -0.385 e. The average molecular weight is 412 g/mol. The highest BCUT2D eigenvalue weighted by Crippen LogP contribution is 2.37. The molecule has 1 saturated heterocycles. The molecule has 1 N–H and O–H groups in total. The molecule has 4 heterocycles. The van der Waals surface area contributed by atoms with Gasteiger partial charge in [0.1, 0.15) is 5.82 Å². The van der Waals surface area contributed by atoms with Crippen LogP contribution in [0.3, 0.4) is 0 Å². The van der Waals surface area contributed by atoms with Crippen molar-refractivity contribution in [3.8, 4) is 11.4 Å². The lowest BCUT2D eigenvalue weighted by molar-refractivity contribution is 0.0117. The summed E-state index contributed by atoms with van der Waals surface area (Å²) in [5.41, 5.74) is 1.62. The Morgan fingerprint density at radius 2 is 1.86 bits per heavy atom. The second-order valence-corrected chi connectivity index (χ2v) is 8.18. The Hall–Kier alpha value is -2.48. The Bertz CT molecular complexity index is 1120. The zero-order valence-electron chi connectivity index (χ0n) is 15.0. The number of aromatic nitrogens is 4. The zero-order chi connectivity index (χ0) is 19.1. The van der Waals surface area contributed by atoms with Gasteiger partial charge in [-0.25, -0.2) is 0 Å². The van der Waals surface area contributed by atoms with Crippen LogP contribution in [-0.4, -0.2) is 38.0 Å². The Labute approximate surface area is 171 Å². The maximum absolute atomic E-state index is 11.1. The molecular formula is C20H18ClN5OS. The molecule has 6 nitrogen and oxygen atoms in total. The average Bonchev–Trinajstić information content (AvgIpc) is 3.38. The van der Waals surface area contributed by atoms with Gasteiger partial charge in [0.15, 0.2) is 11.5 Å². The summed E-state index contributed by atoms with van der Waals surface area (Å²) in [6.07, 6.45) is 1.19. The number of piperidine rings is 1. The highest BCUT2D eigenvalue weighted by Gasteiger charge is 2.35. The van der Waals surface area contributed by atoms with Crippen LogP contribution >= 0.6 is 22.9 Å². The molecule has 0 atom stereocenters. The first kappa shape index (κ1) is 17.6. The van der Waals surface area contributed by atoms with E-state index in [0.717, 1.165) is 28.4 Å². The van der Waals surface area contributed by atoms with Crippen molar-refractivity contribution in [3.63, 3.8) is 0 Å². The molecule has 3 aromatic heterocycles. The first-order valence-corrected chi connectivity index (χ1v) is 10.4. The van der Waals surface area contributed by atoms with Crippen LogP contribution in [0.25, 0.3) is 17.0 Å². The summed E-state index contributed by atoms with van der Waals surface area (Å²) in [5, 5.41) is 29.1. The van der Waals surface area contributed by atoms with Crippen LogP contribution < -0.4 is 4.90 Å². The molecule has 4 aromatic rings. The number of nitrogens with zero attached hydrogens (tertiary/aromatic N) is 5. The standard InChI is InChI=1S/C20H18ClN5OS/c21-16-4-2-1-3-15(16)20(27)8-10-25(11-9-20)18-6-5-17-22-23-19(26(17)24-18)14-7-12-28-13-14/h1-7,12-13,27H,8-11H2. The Kier molecular flexibility index (Phi) is 4.30. The van der Waals surface area contributed by atoms with Crippen molar-refractivity contribution < 1.29 is 5.11 Å². The predicted molar refractivity (Wildman–Crippen MR) is 111 cm³/mol. The molecule has 0 saturated carbocycles. The highest BCUT2D eigenvalue weighted by molar-refractivity contribution is 7.08. The van der Waals surface area contributed by atoms with E-state index >= 15 is 0 Å². The van der Waals surface area contributed by atoms with Gasteiger partial charge in [0.25, 0.3) is 0 Å². The lowest BCUT2D eigenvalue weighted by atomic mass is 9.84. The van der Waals surface area contributed by atoms with Gasteiger partial charge in [-0.2, -0.15) is 15.9 Å². The Morgan fingerprint density at radius 1 is 1.04 bits per heavy atom. The van der Waals surface area contributed by atoms with Crippen molar-refractivity contribution >= 4 is 34.4 Å². The summed E-state index contributed by atoms with van der Waals surface area (Å²) < 4.78 is 1.78. The molecule has 28 heavy (non-hydrogen) atoms. The van der Waals surface area contributed by atoms with Crippen LogP contribution in [0.1, 0.15) is 18.4 Å². The summed E-state index contributed by atoms with van der Waals surface area (Å²) in [6.45, 7) is 1.38. The molecule has 0 amide bonds. The van der Waals surface area contributed by atoms with Crippen LogP contribution in [0, 0.1) is 0 Å². The number of hydrogen-bond donors (Lipinski definition) is 1. The lowest BCUT2D eigenvalue weighted by Crippen LogP contribution is -2.43. The second-order valence-electron chi connectivity index (χ2n) is 7.00. The fraction of sp³-hybridized carbons (Fsp3) is 0.250. The minimum absolute atomic E-state index is 0.593. The van der Waals surface area contributed by atoms with Crippen LogP contribution in [0.5, 0.6) is 0 Å². The van der Waals surface area contributed by atoms with E-state index in [1.165, 1.54) is 0 Å². The summed E-state index contributed by atoms with van der Waals surface area (Å²) in [6, 6.07) is 13.4. The van der Waals surface area contributed by atoms with Gasteiger partial charge in [-0.05, 0) is 42.5 Å². The molecule has 1 aliphatic rings. The van der Waals surface area contributed by atoms with Crippen molar-refractivity contribution in [2.45, 2.75) is 18.4 Å². The van der Waals surface area contributed by atoms with Crippen LogP contribution in [0.4, 0.5) is 5.82 Å². The van der Waals surface area contributed by atoms with Gasteiger partial charge in [-0.3, -0.25) is 0 Å². The quantitative estimate of drug-likeness (QED) is 0.552. The van der Waals surface area contributed by atoms with E-state index in [-0.39, 0.29) is 0 Å². The van der Waals surface area contributed by atoms with E-state index in [4.69, 9.17) is 16.7 Å². The monoisotopic (exact) mass is 411 g/mol. The molecule has 1 fully saturated rings. The van der Waals surface area contributed by atoms with Gasteiger partial charge >= 0.3 is 0 Å². The number of benzene rings is 1. The van der Waals surface area contributed by atoms with Crippen molar-refractivity contribution in [1.82, 2.24) is 19.8 Å². The van der Waals surface area contributed by atoms with Gasteiger partial charge in [-0.1, -0.05) is 29.8 Å². The molecule has 1 aliphatic heterocycles. The maximum Gasteiger partial charge on any atom is 0.186 e. The normalized spacial score (nSPS) is 16.6. The molecule has 0 aliphatic carbocycles. The molecule has 0 spiro atoms. The Balaban J connectivity index is 1.42. The Morgan fingerprint density at radius 3 is 2.61 bits per heavy atom. The van der Waals surface area contributed by atoms with E-state index in [2.05, 4.69) is 15.1 Å². The van der Waals surface area contributed by atoms with Crippen molar-refractivity contribution in [3.05, 3.63) is 63.8 Å². The smallest absolute Gasteiger partial charge is 0.186 e. The van der Waals surface area contributed by atoms with E-state index in [0.29, 0.717) is 31.0 Å². The first-order valence-electron chi connectivity index (χ1n) is 9.11. The lowest BCUT2D eigenvalue weighted by Gasteiger charge is -2.39. The SMILES string of the molecule is OC1(c2ccccc2Cl)CCN(c2ccc3nnc(-c4ccsc4)n3n2)CC1. The molecule has 0 radical (unpaired) electrons. The maximum atomic E-state index is 11.1. The number of fused-ring (bicyclic) bond motifs is 1. The van der Waals surface area contributed by atoms with Gasteiger partial charge in [0.2, 0.25) is 0 Å². The molecule has 1 aromatic carbocycles. The predicted octanol–water partition coefficient (Wildman–Crippen LogP) is 3.99. The number of anilines is 1. The summed E-state index contributed by atoms with van der Waals surface area (Å²) >= 11 is 7.94. The van der Waals surface area contributed by atoms with Crippen molar-refractivity contribution in [2.24, 2.45) is 0 Å². The topological polar surface area (TPSA) is 66.5 Å². The summed E-state index contributed by atoms with van der Waals surface area (Å²) in [4.78, 5) is 2.18. The van der Waals surface area contributed by atoms with Gasteiger partial charge in [0.05, 0.1) is 5.60 Å². The number of halogens is 1. The van der Waals surface area contributed by atoms with E-state index in [1.807, 2.05) is 53.2 Å². The first-order chi connectivity index (χ1) is 13.6. The van der Waals surface area contributed by atoms with Crippen LogP contribution in [0.15, 0.2) is 53.2 Å². The fourth-order valence-electron chi connectivity index (χ4n) is 3.73. The minimum atomic E-state index is -0.905. The third-order valence-electron chi connectivity index (χ3n) is 5.32. The number of rotatable bonds is 3. The molecule has 0 bridgehead atoms. The third-order valence-corrected chi connectivity index (χ3v) is 6.33. The largest absolute Gasteiger partial charge is 0.385 e. The van der Waals surface area contributed by atoms with E-state index < -0.39 is 5.60 Å². The molecule has 142 valence electrons. The molecule has 0 unspecified atom stereocenters. The van der Waals surface area contributed by atoms with Crippen molar-refractivity contribution in [1.29, 1.82) is 0 Å². The zero-order valence-corrected chi connectivity index (χ0v) is 16.6. The van der Waals surface area contributed by atoms with E-state index in [9.17, 15) is 5.11 Å². The van der Waals surface area contributed by atoms with Gasteiger partial charge < -0.3 is 10.0 Å². The molecule has 5 rings (SSSR count). The third kappa shape index (κ3) is 2.96.